The molecular weight excluding hydrogens is 410 g/mol. The fraction of sp³-hybridized carbons (Fsp3) is 0.350. The first-order chi connectivity index (χ1) is 13.4. The normalized spacial score (nSPS) is 16.5. The summed E-state index contributed by atoms with van der Waals surface area (Å²) < 4.78 is 27.5. The number of aryl methyl sites for hydroxylation is 2. The molecule has 1 aliphatic heterocycles. The van der Waals surface area contributed by atoms with E-state index < -0.39 is 10.0 Å². The van der Waals surface area contributed by atoms with E-state index in [1.807, 2.05) is 19.9 Å². The van der Waals surface area contributed by atoms with E-state index in [2.05, 4.69) is 27.1 Å². The van der Waals surface area contributed by atoms with Gasteiger partial charge >= 0.3 is 0 Å². The van der Waals surface area contributed by atoms with Crippen molar-refractivity contribution in [3.8, 4) is 10.6 Å². The number of thiazole rings is 1. The predicted octanol–water partition coefficient (Wildman–Crippen LogP) is 3.99. The number of rotatable bonds is 5. The second kappa shape index (κ2) is 8.04. The second-order valence-electron chi connectivity index (χ2n) is 7.08. The molecule has 4 rings (SSSR count). The van der Waals surface area contributed by atoms with Crippen molar-refractivity contribution in [1.82, 2.24) is 14.2 Å². The summed E-state index contributed by atoms with van der Waals surface area (Å²) >= 11 is 3.34. The standard InChI is InChI=1S/C20H23N3O2S3/c1-15-3-4-19(11-16(15)2)28(24,25)23-8-6-22(7-9-23)12-18-14-27-20(21-18)17-5-10-26-13-17/h3-5,10-11,13-14H,6-9,12H2,1-2H3. The molecule has 0 N–H and O–H groups in total. The minimum Gasteiger partial charge on any atom is -0.295 e. The first kappa shape index (κ1) is 19.7. The van der Waals surface area contributed by atoms with Crippen LogP contribution in [0.1, 0.15) is 16.8 Å². The van der Waals surface area contributed by atoms with Crippen LogP contribution < -0.4 is 0 Å². The number of thiophene rings is 1. The van der Waals surface area contributed by atoms with Crippen LogP contribution in [0.15, 0.2) is 45.3 Å². The van der Waals surface area contributed by atoms with Crippen LogP contribution in [-0.4, -0.2) is 48.8 Å². The van der Waals surface area contributed by atoms with Crippen LogP contribution in [0.3, 0.4) is 0 Å². The quantitative estimate of drug-likeness (QED) is 0.610. The fourth-order valence-electron chi connectivity index (χ4n) is 3.28. The summed E-state index contributed by atoms with van der Waals surface area (Å²) in [5, 5.41) is 7.32. The van der Waals surface area contributed by atoms with E-state index in [0.717, 1.165) is 41.5 Å². The van der Waals surface area contributed by atoms with Crippen LogP contribution in [0.5, 0.6) is 0 Å². The molecule has 8 heteroatoms. The van der Waals surface area contributed by atoms with Gasteiger partial charge < -0.3 is 0 Å². The van der Waals surface area contributed by atoms with E-state index in [-0.39, 0.29) is 0 Å². The van der Waals surface area contributed by atoms with Gasteiger partial charge in [0.15, 0.2) is 0 Å². The van der Waals surface area contributed by atoms with Crippen molar-refractivity contribution in [3.63, 3.8) is 0 Å². The maximum atomic E-state index is 12.9. The lowest BCUT2D eigenvalue weighted by atomic mass is 10.1. The molecule has 0 aliphatic carbocycles. The molecule has 0 unspecified atom stereocenters. The van der Waals surface area contributed by atoms with Gasteiger partial charge in [0.05, 0.1) is 10.6 Å². The lowest BCUT2D eigenvalue weighted by Crippen LogP contribution is -2.48. The summed E-state index contributed by atoms with van der Waals surface area (Å²) in [6.07, 6.45) is 0. The molecule has 0 saturated carbocycles. The van der Waals surface area contributed by atoms with Gasteiger partial charge in [-0.15, -0.1) is 11.3 Å². The van der Waals surface area contributed by atoms with Gasteiger partial charge in [0, 0.05) is 49.0 Å². The molecule has 1 saturated heterocycles. The molecule has 0 atom stereocenters. The second-order valence-corrected chi connectivity index (χ2v) is 10.7. The summed E-state index contributed by atoms with van der Waals surface area (Å²) in [5.41, 5.74) is 4.33. The maximum Gasteiger partial charge on any atom is 0.243 e. The average molecular weight is 434 g/mol. The third-order valence-corrected chi connectivity index (χ3v) is 8.67. The van der Waals surface area contributed by atoms with Gasteiger partial charge in [0.25, 0.3) is 0 Å². The molecule has 0 amide bonds. The van der Waals surface area contributed by atoms with Gasteiger partial charge in [-0.2, -0.15) is 15.6 Å². The molecule has 0 bridgehead atoms. The Morgan fingerprint density at radius 3 is 2.50 bits per heavy atom. The van der Waals surface area contributed by atoms with E-state index in [9.17, 15) is 8.42 Å². The Morgan fingerprint density at radius 2 is 1.82 bits per heavy atom. The van der Waals surface area contributed by atoms with Crippen molar-refractivity contribution in [2.75, 3.05) is 26.2 Å². The number of piperazine rings is 1. The van der Waals surface area contributed by atoms with Crippen molar-refractivity contribution in [2.45, 2.75) is 25.3 Å². The zero-order valence-electron chi connectivity index (χ0n) is 16.0. The molecule has 28 heavy (non-hydrogen) atoms. The molecule has 148 valence electrons. The number of sulfonamides is 1. The van der Waals surface area contributed by atoms with Gasteiger partial charge in [0.1, 0.15) is 5.01 Å². The highest BCUT2D eigenvalue weighted by atomic mass is 32.2. The molecule has 5 nitrogen and oxygen atoms in total. The predicted molar refractivity (Wildman–Crippen MR) is 115 cm³/mol. The molecule has 3 heterocycles. The third kappa shape index (κ3) is 4.06. The number of benzene rings is 1. The van der Waals surface area contributed by atoms with Gasteiger partial charge in [-0.05, 0) is 48.6 Å². The Morgan fingerprint density at radius 1 is 1.04 bits per heavy atom. The number of aromatic nitrogens is 1. The summed E-state index contributed by atoms with van der Waals surface area (Å²) in [7, 11) is -3.43. The largest absolute Gasteiger partial charge is 0.295 e. The van der Waals surface area contributed by atoms with Crippen molar-refractivity contribution in [2.24, 2.45) is 0 Å². The van der Waals surface area contributed by atoms with Crippen LogP contribution in [0.2, 0.25) is 0 Å². The lowest BCUT2D eigenvalue weighted by Gasteiger charge is -2.33. The average Bonchev–Trinajstić information content (AvgIpc) is 3.36. The van der Waals surface area contributed by atoms with E-state index in [1.54, 1.807) is 39.1 Å². The van der Waals surface area contributed by atoms with Gasteiger partial charge in [0.2, 0.25) is 10.0 Å². The molecule has 1 aromatic carbocycles. The smallest absolute Gasteiger partial charge is 0.243 e. The topological polar surface area (TPSA) is 53.5 Å². The Bertz CT molecular complexity index is 1050. The van der Waals surface area contributed by atoms with E-state index in [0.29, 0.717) is 18.0 Å². The summed E-state index contributed by atoms with van der Waals surface area (Å²) in [6.45, 7) is 7.16. The third-order valence-electron chi connectivity index (χ3n) is 5.15. The van der Waals surface area contributed by atoms with Gasteiger partial charge in [-0.3, -0.25) is 4.90 Å². The van der Waals surface area contributed by atoms with Crippen molar-refractivity contribution in [1.29, 1.82) is 0 Å². The highest BCUT2D eigenvalue weighted by Crippen LogP contribution is 2.26. The molecule has 1 fully saturated rings. The molecule has 0 spiro atoms. The van der Waals surface area contributed by atoms with Crippen LogP contribution in [0, 0.1) is 13.8 Å². The SMILES string of the molecule is Cc1ccc(S(=O)(=O)N2CCN(Cc3csc(-c4ccsc4)n3)CC2)cc1C. The van der Waals surface area contributed by atoms with E-state index in [1.165, 1.54) is 5.56 Å². The number of nitrogens with zero attached hydrogens (tertiary/aromatic N) is 3. The maximum absolute atomic E-state index is 12.9. The lowest BCUT2D eigenvalue weighted by molar-refractivity contribution is 0.180. The van der Waals surface area contributed by atoms with Crippen LogP contribution in [0.4, 0.5) is 0 Å². The first-order valence-corrected chi connectivity index (χ1v) is 12.5. The zero-order chi connectivity index (χ0) is 19.7. The monoisotopic (exact) mass is 433 g/mol. The molecule has 0 radical (unpaired) electrons. The minimum absolute atomic E-state index is 0.393. The Balaban J connectivity index is 1.38. The fourth-order valence-corrected chi connectivity index (χ4v) is 6.31. The Labute approximate surface area is 174 Å². The molecule has 3 aromatic rings. The van der Waals surface area contributed by atoms with Crippen LogP contribution in [-0.2, 0) is 16.6 Å². The van der Waals surface area contributed by atoms with Crippen molar-refractivity contribution in [3.05, 3.63) is 57.2 Å². The van der Waals surface area contributed by atoms with Crippen molar-refractivity contribution >= 4 is 32.7 Å². The summed E-state index contributed by atoms with van der Waals surface area (Å²) in [5.74, 6) is 0. The molecular formula is C20H23N3O2S3. The van der Waals surface area contributed by atoms with Gasteiger partial charge in [-0.25, -0.2) is 13.4 Å². The summed E-state index contributed by atoms with van der Waals surface area (Å²) in [6, 6.07) is 7.46. The Hall–Kier alpha value is -1.58. The minimum atomic E-state index is -3.43. The number of hydrogen-bond acceptors (Lipinski definition) is 6. The van der Waals surface area contributed by atoms with Gasteiger partial charge in [-0.1, -0.05) is 6.07 Å². The number of hydrogen-bond donors (Lipinski definition) is 0. The van der Waals surface area contributed by atoms with Crippen LogP contribution in [0.25, 0.3) is 10.6 Å². The highest BCUT2D eigenvalue weighted by Gasteiger charge is 2.28. The first-order valence-electron chi connectivity index (χ1n) is 9.20. The summed E-state index contributed by atoms with van der Waals surface area (Å²) in [4.78, 5) is 7.40. The van der Waals surface area contributed by atoms with Crippen LogP contribution >= 0.6 is 22.7 Å². The molecule has 1 aliphatic rings. The highest BCUT2D eigenvalue weighted by molar-refractivity contribution is 7.89. The molecule has 2 aromatic heterocycles. The zero-order valence-corrected chi connectivity index (χ0v) is 18.4. The van der Waals surface area contributed by atoms with E-state index in [4.69, 9.17) is 4.98 Å². The van der Waals surface area contributed by atoms with Crippen molar-refractivity contribution < 1.29 is 8.42 Å². The Kier molecular flexibility index (Phi) is 5.66. The van der Waals surface area contributed by atoms with E-state index >= 15 is 0 Å².